The zero-order valence-corrected chi connectivity index (χ0v) is 65.4. The molecule has 12 nitrogen and oxygen atoms in total. The maximum Gasteiger partial charge on any atom is 0.234 e. The van der Waals surface area contributed by atoms with Crippen molar-refractivity contribution < 1.29 is 24.6 Å². The van der Waals surface area contributed by atoms with Crippen LogP contribution in [0.1, 0.15) is 420 Å². The van der Waals surface area contributed by atoms with Gasteiger partial charge in [0.15, 0.2) is 0 Å². The number of nitrogens with one attached hydrogen (secondary N) is 4. The van der Waals surface area contributed by atoms with E-state index in [1.807, 2.05) is 4.90 Å². The Kier molecular flexibility index (Phi) is 77.4. The van der Waals surface area contributed by atoms with Gasteiger partial charge in [-0.25, -0.2) is 0 Å². The Hall–Kier alpha value is -1.83. The van der Waals surface area contributed by atoms with Crippen molar-refractivity contribution in [3.63, 3.8) is 0 Å². The fraction of sp³-hybridized carbons (Fsp3) is 0.964. The molecule has 2 atom stereocenters. The van der Waals surface area contributed by atoms with Crippen LogP contribution in [0.5, 0.6) is 0 Å². The minimum atomic E-state index is -0.706. The molecule has 12 heteroatoms. The van der Waals surface area contributed by atoms with Crippen LogP contribution >= 0.6 is 0 Å². The highest BCUT2D eigenvalue weighted by Gasteiger charge is 2.21. The Morgan fingerprint density at radius 1 is 0.250 bits per heavy atom. The molecule has 0 aliphatic carbocycles. The van der Waals surface area contributed by atoms with E-state index < -0.39 is 12.2 Å². The van der Waals surface area contributed by atoms with E-state index in [0.29, 0.717) is 32.7 Å². The molecule has 3 amide bonds. The highest BCUT2D eigenvalue weighted by atomic mass is 16.3. The third kappa shape index (κ3) is 73.4. The second-order valence-electron chi connectivity index (χ2n) is 30.2. The number of carbonyl (C=O) groups is 3. The molecule has 572 valence electrons. The largest absolute Gasteiger partial charge is 0.390 e. The van der Waals surface area contributed by atoms with Crippen molar-refractivity contribution in [2.75, 3.05) is 91.6 Å². The maximum absolute atomic E-state index is 13.6. The van der Waals surface area contributed by atoms with E-state index in [9.17, 15) is 24.6 Å². The number of aliphatic hydroxyl groups is 2. The molecule has 0 fully saturated rings. The van der Waals surface area contributed by atoms with Gasteiger partial charge in [0.2, 0.25) is 17.7 Å². The molecule has 0 aromatic heterocycles. The van der Waals surface area contributed by atoms with Gasteiger partial charge in [0.05, 0.1) is 31.8 Å². The topological polar surface area (TPSA) is 150 Å². The van der Waals surface area contributed by atoms with E-state index in [1.54, 1.807) is 0 Å². The summed E-state index contributed by atoms with van der Waals surface area (Å²) in [6, 6.07) is 0. The zero-order chi connectivity index (χ0) is 69.8. The molecule has 2 unspecified atom stereocenters. The molecule has 0 rings (SSSR count). The van der Waals surface area contributed by atoms with Crippen molar-refractivity contribution >= 4 is 17.7 Å². The summed E-state index contributed by atoms with van der Waals surface area (Å²) in [5, 5.41) is 36.1. The average molecular weight is 1360 g/mol. The smallest absolute Gasteiger partial charge is 0.234 e. The van der Waals surface area contributed by atoms with E-state index in [2.05, 4.69) is 65.7 Å². The van der Waals surface area contributed by atoms with Crippen molar-refractivity contribution in [2.45, 2.75) is 432 Å². The summed E-state index contributed by atoms with van der Waals surface area (Å²) in [5.74, 6) is -0.128. The van der Waals surface area contributed by atoms with Crippen LogP contribution in [0.25, 0.3) is 0 Å². The Balaban J connectivity index is 5.80. The second-order valence-corrected chi connectivity index (χ2v) is 30.2. The van der Waals surface area contributed by atoms with Gasteiger partial charge in [-0.05, 0) is 71.1 Å². The Labute approximate surface area is 599 Å². The molecule has 0 aliphatic heterocycles. The van der Waals surface area contributed by atoms with Gasteiger partial charge in [0.1, 0.15) is 0 Å². The minimum Gasteiger partial charge on any atom is -0.390 e. The molecule has 96 heavy (non-hydrogen) atoms. The lowest BCUT2D eigenvalue weighted by Crippen LogP contribution is -2.48. The van der Waals surface area contributed by atoms with Crippen LogP contribution in [-0.4, -0.2) is 146 Å². The van der Waals surface area contributed by atoms with Crippen LogP contribution in [0.2, 0.25) is 0 Å². The van der Waals surface area contributed by atoms with Crippen LogP contribution in [-0.2, 0) is 14.4 Å². The summed E-state index contributed by atoms with van der Waals surface area (Å²) >= 11 is 0. The Morgan fingerprint density at radius 3 is 0.708 bits per heavy atom. The number of amides is 3. The van der Waals surface area contributed by atoms with E-state index in [0.717, 1.165) is 96.9 Å². The van der Waals surface area contributed by atoms with Crippen molar-refractivity contribution in [2.24, 2.45) is 0 Å². The molecule has 0 aromatic carbocycles. The molecule has 0 bridgehead atoms. The van der Waals surface area contributed by atoms with Gasteiger partial charge in [-0.2, -0.15) is 0 Å². The SMILES string of the molecule is CCCCCCCCCCCCCCNC(=O)CN(CC(=O)NCCCCCCCCCCCCCC)CC(O)CN(CCCCCCCCCCCCCC)CCCCN(CCCCCCCCCCCCCC)CC(O)CNCC(=O)NCCCCCCCCCCCC. The van der Waals surface area contributed by atoms with E-state index >= 15 is 0 Å². The predicted molar refractivity (Wildman–Crippen MR) is 419 cm³/mol. The van der Waals surface area contributed by atoms with Crippen LogP contribution in [0.3, 0.4) is 0 Å². The zero-order valence-electron chi connectivity index (χ0n) is 65.4. The lowest BCUT2D eigenvalue weighted by atomic mass is 10.1. The van der Waals surface area contributed by atoms with Crippen molar-refractivity contribution in [1.29, 1.82) is 0 Å². The van der Waals surface area contributed by atoms with Gasteiger partial charge in [0.25, 0.3) is 0 Å². The first-order chi connectivity index (χ1) is 47.2. The molecule has 6 N–H and O–H groups in total. The van der Waals surface area contributed by atoms with E-state index in [1.165, 1.54) is 321 Å². The predicted octanol–water partition coefficient (Wildman–Crippen LogP) is 21.1. The van der Waals surface area contributed by atoms with Gasteiger partial charge >= 0.3 is 0 Å². The molecular formula is C84H171N7O5. The van der Waals surface area contributed by atoms with E-state index in [-0.39, 0.29) is 43.9 Å². The number of rotatable bonds is 82. The summed E-state index contributed by atoms with van der Waals surface area (Å²) in [5.41, 5.74) is 0. The molecule has 0 spiro atoms. The third-order valence-corrected chi connectivity index (χ3v) is 20.2. The first-order valence-electron chi connectivity index (χ1n) is 43.2. The van der Waals surface area contributed by atoms with Crippen LogP contribution < -0.4 is 21.3 Å². The first-order valence-corrected chi connectivity index (χ1v) is 43.2. The quantitative estimate of drug-likeness (QED) is 0.0327. The molecule has 0 heterocycles. The minimum absolute atomic E-state index is 0.00813. The lowest BCUT2D eigenvalue weighted by Gasteiger charge is -2.29. The molecular weight excluding hydrogens is 1190 g/mol. The van der Waals surface area contributed by atoms with Gasteiger partial charge in [-0.1, -0.05) is 375 Å². The number of carbonyl (C=O) groups excluding carboxylic acids is 3. The Morgan fingerprint density at radius 2 is 0.448 bits per heavy atom. The average Bonchev–Trinajstić information content (AvgIpc) is 2.21. The molecule has 0 aromatic rings. The summed E-state index contributed by atoms with van der Waals surface area (Å²) in [6.07, 6.45) is 75.6. The fourth-order valence-corrected chi connectivity index (χ4v) is 14.0. The standard InChI is InChI=1S/C84H171N7O5/c1-6-11-16-21-26-31-36-40-45-50-55-60-67-87-83(95)78-91(79-84(96)88-68-61-56-51-46-41-37-32-27-22-17-12-7-2)77-81(93)76-90(70-63-58-53-48-43-39-34-29-24-19-14-9-4)72-65-64-71-89(69-62-57-52-47-42-38-33-28-23-18-13-8-3)75-80(92)73-85-74-82(94)86-66-59-54-49-44-35-30-25-20-15-10-5/h80-81,85,92-93H,6-79H2,1-5H3,(H,86,94)(H,87,95)(H,88,96). The normalized spacial score (nSPS) is 12.4. The highest BCUT2D eigenvalue weighted by molar-refractivity contribution is 5.81. The molecule has 0 radical (unpaired) electrons. The van der Waals surface area contributed by atoms with Crippen molar-refractivity contribution in [3.8, 4) is 0 Å². The molecule has 0 saturated carbocycles. The summed E-state index contributed by atoms with van der Waals surface area (Å²) < 4.78 is 0. The Bertz CT molecular complexity index is 1520. The van der Waals surface area contributed by atoms with Crippen LogP contribution in [0.4, 0.5) is 0 Å². The number of hydrogen-bond donors (Lipinski definition) is 6. The maximum atomic E-state index is 13.6. The fourth-order valence-electron chi connectivity index (χ4n) is 14.0. The first kappa shape index (κ1) is 94.2. The number of hydrogen-bond acceptors (Lipinski definition) is 9. The second kappa shape index (κ2) is 78.9. The monoisotopic (exact) mass is 1360 g/mol. The highest BCUT2D eigenvalue weighted by Crippen LogP contribution is 2.18. The number of nitrogens with zero attached hydrogens (tertiary/aromatic N) is 3. The van der Waals surface area contributed by atoms with Gasteiger partial charge in [0, 0.05) is 45.8 Å². The summed E-state index contributed by atoms with van der Waals surface area (Å²) in [6.45, 7) is 19.3. The van der Waals surface area contributed by atoms with Gasteiger partial charge < -0.3 is 41.3 Å². The van der Waals surface area contributed by atoms with Crippen molar-refractivity contribution in [1.82, 2.24) is 36.0 Å². The molecule has 0 saturated heterocycles. The van der Waals surface area contributed by atoms with Crippen LogP contribution in [0, 0.1) is 0 Å². The summed E-state index contributed by atoms with van der Waals surface area (Å²) in [7, 11) is 0. The third-order valence-electron chi connectivity index (χ3n) is 20.2. The van der Waals surface area contributed by atoms with Gasteiger partial charge in [-0.15, -0.1) is 0 Å². The molecule has 0 aliphatic rings. The number of aliphatic hydroxyl groups excluding tert-OH is 2. The summed E-state index contributed by atoms with van der Waals surface area (Å²) in [4.78, 5) is 46.8. The van der Waals surface area contributed by atoms with Gasteiger partial charge in [-0.3, -0.25) is 19.3 Å². The van der Waals surface area contributed by atoms with E-state index in [4.69, 9.17) is 0 Å². The lowest BCUT2D eigenvalue weighted by molar-refractivity contribution is -0.126. The van der Waals surface area contributed by atoms with Crippen LogP contribution in [0.15, 0.2) is 0 Å². The van der Waals surface area contributed by atoms with Crippen molar-refractivity contribution in [3.05, 3.63) is 0 Å². The number of unbranched alkanes of at least 4 members (excludes halogenated alkanes) is 54.